The number of benzene rings is 2. The molecule has 0 amide bonds. The molecule has 1 aliphatic carbocycles. The van der Waals surface area contributed by atoms with Gasteiger partial charge in [-0.1, -0.05) is 43.2 Å². The smallest absolute Gasteiger partial charge is 0.255 e. The zero-order valence-electron chi connectivity index (χ0n) is 14.2. The van der Waals surface area contributed by atoms with Crippen molar-refractivity contribution in [3.8, 4) is 17.2 Å². The largest absolute Gasteiger partial charge is 0.332 e. The van der Waals surface area contributed by atoms with E-state index < -0.39 is 6.04 Å². The van der Waals surface area contributed by atoms with Crippen LogP contribution in [0.5, 0.6) is 0 Å². The van der Waals surface area contributed by atoms with Gasteiger partial charge in [-0.25, -0.2) is 0 Å². The molecule has 1 saturated carbocycles. The van der Waals surface area contributed by atoms with Crippen LogP contribution in [0.25, 0.3) is 22.0 Å². The van der Waals surface area contributed by atoms with E-state index in [9.17, 15) is 14.4 Å². The Morgan fingerprint density at radius 2 is 1.85 bits per heavy atom. The molecule has 1 aromatic heterocycles. The fourth-order valence-corrected chi connectivity index (χ4v) is 3.92. The molecule has 3 aromatic rings. The van der Waals surface area contributed by atoms with Crippen LogP contribution in [0.15, 0.2) is 48.5 Å². The number of pyridine rings is 1. The zero-order chi connectivity index (χ0) is 18.1. The van der Waals surface area contributed by atoms with Crippen LogP contribution in [0.4, 0.5) is 4.39 Å². The molecule has 0 bridgehead atoms. The van der Waals surface area contributed by atoms with Crippen LogP contribution in [0.2, 0.25) is 0 Å². The lowest BCUT2D eigenvalue weighted by atomic mass is 9.89. The molecule has 0 radical (unpaired) electrons. The highest BCUT2D eigenvalue weighted by molar-refractivity contribution is 6.02. The van der Waals surface area contributed by atoms with Crippen LogP contribution >= 0.6 is 0 Å². The zero-order valence-corrected chi connectivity index (χ0v) is 14.2. The number of nitriles is 1. The van der Waals surface area contributed by atoms with Crippen molar-refractivity contribution in [2.75, 3.05) is 0 Å². The summed E-state index contributed by atoms with van der Waals surface area (Å²) in [7, 11) is 0. The first kappa shape index (κ1) is 16.4. The Hall–Kier alpha value is -3.06. The summed E-state index contributed by atoms with van der Waals surface area (Å²) < 4.78 is 13.3. The molecule has 0 saturated heterocycles. The fourth-order valence-electron chi connectivity index (χ4n) is 3.92. The Kier molecular flexibility index (Phi) is 4.22. The van der Waals surface area contributed by atoms with Crippen LogP contribution in [0.3, 0.4) is 0 Å². The van der Waals surface area contributed by atoms with Gasteiger partial charge in [-0.2, -0.15) is 9.65 Å². The summed E-state index contributed by atoms with van der Waals surface area (Å²) in [5.74, 6) is 0.277. The van der Waals surface area contributed by atoms with Crippen molar-refractivity contribution in [1.29, 1.82) is 5.26 Å². The first-order valence-corrected chi connectivity index (χ1v) is 8.82. The lowest BCUT2D eigenvalue weighted by Gasteiger charge is -2.17. The topological polar surface area (TPSA) is 53.8 Å². The van der Waals surface area contributed by atoms with Crippen molar-refractivity contribution in [3.63, 3.8) is 0 Å². The maximum Gasteiger partial charge on any atom is 0.332 e. The van der Waals surface area contributed by atoms with Gasteiger partial charge in [0.05, 0.1) is 22.3 Å². The van der Waals surface area contributed by atoms with Gasteiger partial charge in [0, 0.05) is 16.9 Å². The molecule has 2 aromatic carbocycles. The van der Waals surface area contributed by atoms with Gasteiger partial charge in [-0.3, -0.25) is 9.78 Å². The number of aromatic nitrogens is 1. The summed E-state index contributed by atoms with van der Waals surface area (Å²) in [6.07, 6.45) is 4.35. The standard InChI is InChI=1S/C22H17FN2O/c23-22(26)16-10-11-19-17(12-16)20(14-6-2-1-3-7-14)18(13-24)21(25-19)15-8-4-5-9-15/h1-3,6-7,10-12,15H,4-5,8-9H2. The molecule has 1 aliphatic rings. The summed E-state index contributed by atoms with van der Waals surface area (Å²) in [6, 6.07) is 15.1. The highest BCUT2D eigenvalue weighted by atomic mass is 19.1. The van der Waals surface area contributed by atoms with E-state index in [0.29, 0.717) is 16.5 Å². The molecule has 1 heterocycles. The monoisotopic (exact) mass is 344 g/mol. The average molecular weight is 344 g/mol. The fraction of sp³-hybridized carbons (Fsp3) is 0.227. The van der Waals surface area contributed by atoms with Crippen LogP contribution in [-0.4, -0.2) is 11.0 Å². The minimum absolute atomic E-state index is 0.0195. The number of fused-ring (bicyclic) bond motifs is 1. The SMILES string of the molecule is N#Cc1c(C2CCCC2)nc2ccc(C(=O)F)cc2c1-c1ccccc1. The van der Waals surface area contributed by atoms with E-state index in [1.807, 2.05) is 30.3 Å². The second kappa shape index (κ2) is 6.68. The van der Waals surface area contributed by atoms with E-state index in [4.69, 9.17) is 4.98 Å². The summed E-state index contributed by atoms with van der Waals surface area (Å²) in [6.45, 7) is 0. The number of nitrogens with zero attached hydrogens (tertiary/aromatic N) is 2. The summed E-state index contributed by atoms with van der Waals surface area (Å²) >= 11 is 0. The Bertz CT molecular complexity index is 1030. The van der Waals surface area contributed by atoms with E-state index in [1.165, 1.54) is 12.1 Å². The van der Waals surface area contributed by atoms with Gasteiger partial charge < -0.3 is 0 Å². The molecule has 3 nitrogen and oxygen atoms in total. The molecule has 26 heavy (non-hydrogen) atoms. The van der Waals surface area contributed by atoms with Crippen LogP contribution < -0.4 is 0 Å². The van der Waals surface area contributed by atoms with Gasteiger partial charge in [0.15, 0.2) is 0 Å². The van der Waals surface area contributed by atoms with Crippen molar-refractivity contribution in [3.05, 3.63) is 65.4 Å². The third kappa shape index (κ3) is 2.76. The second-order valence-corrected chi connectivity index (χ2v) is 6.71. The molecule has 0 aliphatic heterocycles. The second-order valence-electron chi connectivity index (χ2n) is 6.71. The average Bonchev–Trinajstić information content (AvgIpc) is 3.21. The predicted molar refractivity (Wildman–Crippen MR) is 98.5 cm³/mol. The molecule has 0 N–H and O–H groups in total. The van der Waals surface area contributed by atoms with E-state index in [0.717, 1.165) is 42.5 Å². The Morgan fingerprint density at radius 1 is 1.12 bits per heavy atom. The molecule has 1 fully saturated rings. The van der Waals surface area contributed by atoms with E-state index in [2.05, 4.69) is 6.07 Å². The number of carbonyl (C=O) groups is 1. The number of hydrogen-bond donors (Lipinski definition) is 0. The number of rotatable bonds is 3. The van der Waals surface area contributed by atoms with Crippen LogP contribution in [-0.2, 0) is 0 Å². The van der Waals surface area contributed by atoms with E-state index >= 15 is 0 Å². The third-order valence-corrected chi connectivity index (χ3v) is 5.16. The van der Waals surface area contributed by atoms with Crippen molar-refractivity contribution in [1.82, 2.24) is 4.98 Å². The Labute approximate surface area is 151 Å². The summed E-state index contributed by atoms with van der Waals surface area (Å²) in [5.41, 5.74) is 3.65. The molecule has 4 rings (SSSR count). The van der Waals surface area contributed by atoms with Gasteiger partial charge in [-0.15, -0.1) is 0 Å². The summed E-state index contributed by atoms with van der Waals surface area (Å²) in [5, 5.41) is 10.6. The van der Waals surface area contributed by atoms with E-state index in [1.54, 1.807) is 6.07 Å². The predicted octanol–water partition coefficient (Wildman–Crippen LogP) is 5.54. The first-order chi connectivity index (χ1) is 12.7. The summed E-state index contributed by atoms with van der Waals surface area (Å²) in [4.78, 5) is 16.0. The van der Waals surface area contributed by atoms with Gasteiger partial charge in [0.1, 0.15) is 6.07 Å². The lowest BCUT2D eigenvalue weighted by Crippen LogP contribution is -2.04. The van der Waals surface area contributed by atoms with Crippen molar-refractivity contribution in [2.24, 2.45) is 0 Å². The molecule has 4 heteroatoms. The molecular formula is C22H17FN2O. The molecular weight excluding hydrogens is 327 g/mol. The lowest BCUT2D eigenvalue weighted by molar-refractivity contribution is 0.0836. The molecule has 0 spiro atoms. The molecule has 0 unspecified atom stereocenters. The highest BCUT2D eigenvalue weighted by Crippen LogP contribution is 2.40. The molecule has 0 atom stereocenters. The number of halogens is 1. The quantitative estimate of drug-likeness (QED) is 0.586. The van der Waals surface area contributed by atoms with Crippen molar-refractivity contribution in [2.45, 2.75) is 31.6 Å². The van der Waals surface area contributed by atoms with Gasteiger partial charge >= 0.3 is 6.04 Å². The van der Waals surface area contributed by atoms with Gasteiger partial charge in [0.25, 0.3) is 0 Å². The highest BCUT2D eigenvalue weighted by Gasteiger charge is 2.25. The Balaban J connectivity index is 2.08. The number of hydrogen-bond acceptors (Lipinski definition) is 3. The van der Waals surface area contributed by atoms with Gasteiger partial charge in [-0.05, 0) is 36.6 Å². The minimum Gasteiger partial charge on any atom is -0.255 e. The molecule has 128 valence electrons. The number of carbonyl (C=O) groups excluding carboxylic acids is 1. The van der Waals surface area contributed by atoms with Crippen molar-refractivity contribution >= 4 is 16.9 Å². The first-order valence-electron chi connectivity index (χ1n) is 8.82. The van der Waals surface area contributed by atoms with Gasteiger partial charge in [0.2, 0.25) is 0 Å². The van der Waals surface area contributed by atoms with Crippen LogP contribution in [0.1, 0.15) is 53.2 Å². The van der Waals surface area contributed by atoms with Crippen LogP contribution in [0, 0.1) is 11.3 Å². The maximum absolute atomic E-state index is 13.3. The maximum atomic E-state index is 13.3. The minimum atomic E-state index is -1.48. The normalized spacial score (nSPS) is 14.5. The van der Waals surface area contributed by atoms with E-state index in [-0.39, 0.29) is 11.5 Å². The third-order valence-electron chi connectivity index (χ3n) is 5.16. The van der Waals surface area contributed by atoms with Crippen molar-refractivity contribution < 1.29 is 9.18 Å². The Morgan fingerprint density at radius 3 is 2.50 bits per heavy atom.